The molecule has 0 radical (unpaired) electrons. The second kappa shape index (κ2) is 13.9. The molecule has 4 rings (SSSR count). The van der Waals surface area contributed by atoms with Crippen LogP contribution in [0.15, 0.2) is 52.4 Å². The summed E-state index contributed by atoms with van der Waals surface area (Å²) in [5.41, 5.74) is -0.447. The number of amides is 4. The summed E-state index contributed by atoms with van der Waals surface area (Å²) in [5.74, 6) is -2.28. The highest BCUT2D eigenvalue weighted by atomic mass is 32.2. The summed E-state index contributed by atoms with van der Waals surface area (Å²) >= 11 is 2.37. The largest absolute Gasteiger partial charge is 0.477 e. The second-order valence-electron chi connectivity index (χ2n) is 10.7. The van der Waals surface area contributed by atoms with Crippen molar-refractivity contribution in [3.05, 3.63) is 52.9 Å². The number of alkyl carbamates (subject to hydrolysis) is 1. The molecule has 2 unspecified atom stereocenters. The zero-order valence-electron chi connectivity index (χ0n) is 24.3. The number of carboxylic acids is 1. The fourth-order valence-electron chi connectivity index (χ4n) is 4.20. The van der Waals surface area contributed by atoms with Crippen molar-refractivity contribution in [2.75, 3.05) is 17.6 Å². The number of thiazole rings is 1. The molecule has 2 aliphatic rings. The summed E-state index contributed by atoms with van der Waals surface area (Å²) in [6.45, 7) is 7.08. The van der Waals surface area contributed by atoms with Gasteiger partial charge in [-0.25, -0.2) is 19.1 Å². The number of nitrogens with zero attached hydrogens (tertiary/aromatic N) is 4. The average Bonchev–Trinajstić information content (AvgIpc) is 3.42. The van der Waals surface area contributed by atoms with Crippen LogP contribution in [0.1, 0.15) is 33.4 Å². The Labute approximate surface area is 260 Å². The molecular weight excluding hydrogens is 614 g/mol. The number of β-lactam (4-membered cyclic amide) rings is 1. The van der Waals surface area contributed by atoms with E-state index in [0.717, 1.165) is 11.3 Å². The Kier molecular flexibility index (Phi) is 10.2. The van der Waals surface area contributed by atoms with E-state index in [2.05, 4.69) is 26.1 Å². The van der Waals surface area contributed by atoms with Gasteiger partial charge in [0.1, 0.15) is 34.5 Å². The minimum Gasteiger partial charge on any atom is -0.477 e. The molecule has 2 aromatic heterocycles. The number of anilines is 1. The van der Waals surface area contributed by atoms with Crippen molar-refractivity contribution in [3.63, 3.8) is 0 Å². The molecule has 44 heavy (non-hydrogen) atoms. The van der Waals surface area contributed by atoms with Crippen molar-refractivity contribution >= 4 is 64.2 Å². The number of pyridine rings is 1. The molecule has 0 aliphatic carbocycles. The predicted octanol–water partition coefficient (Wildman–Crippen LogP) is 1.07. The molecule has 234 valence electrons. The third-order valence-electron chi connectivity index (χ3n) is 6.09. The third kappa shape index (κ3) is 7.90. The number of oxime groups is 1. The Morgan fingerprint density at radius 1 is 1.27 bits per heavy atom. The van der Waals surface area contributed by atoms with Crippen LogP contribution < -0.4 is 20.5 Å². The Morgan fingerprint density at radius 3 is 2.66 bits per heavy atom. The molecule has 0 saturated carbocycles. The van der Waals surface area contributed by atoms with E-state index in [1.165, 1.54) is 22.0 Å². The van der Waals surface area contributed by atoms with Crippen LogP contribution in [0.25, 0.3) is 0 Å². The first kappa shape index (κ1) is 32.4. The topological polar surface area (TPSA) is 192 Å². The molecule has 3 atom stereocenters. The minimum atomic E-state index is -1.23. The standard InChI is InChI=1S/C27H31N7O8S2/c1-15(10-28-26(40)41-27(2,3)4)42-32-18(17-13-44-25(30-17)29-14-35)21(36)31-19-22(37)34-20(24(38)39)16(12-43-23(19)34)11-33-8-6-5-7-9-33/h5-9,13-15,19,23H,10-12H2,1-4H3,(H3-,28,29,30,31,35,36,38,39,40)/p+1/b32-18-/t15?,19?,23-/m1/s1. The first-order chi connectivity index (χ1) is 20.9. The Hall–Kier alpha value is -4.51. The molecule has 4 amide bonds. The van der Waals surface area contributed by atoms with Crippen LogP contribution >= 0.6 is 23.1 Å². The van der Waals surface area contributed by atoms with Crippen LogP contribution in [0.4, 0.5) is 9.93 Å². The van der Waals surface area contributed by atoms with Gasteiger partial charge in [0.15, 0.2) is 29.8 Å². The van der Waals surface area contributed by atoms with Gasteiger partial charge in [-0.2, -0.15) is 0 Å². The highest BCUT2D eigenvalue weighted by Crippen LogP contribution is 2.40. The van der Waals surface area contributed by atoms with Gasteiger partial charge in [-0.15, -0.1) is 23.1 Å². The van der Waals surface area contributed by atoms with Gasteiger partial charge < -0.3 is 30.6 Å². The molecule has 4 N–H and O–H groups in total. The lowest BCUT2D eigenvalue weighted by molar-refractivity contribution is -0.689. The number of fused-ring (bicyclic) bond motifs is 1. The van der Waals surface area contributed by atoms with Gasteiger partial charge >= 0.3 is 12.1 Å². The lowest BCUT2D eigenvalue weighted by atomic mass is 10.0. The monoisotopic (exact) mass is 646 g/mol. The van der Waals surface area contributed by atoms with E-state index in [1.807, 2.05) is 22.8 Å². The van der Waals surface area contributed by atoms with Crippen LogP contribution in [0.3, 0.4) is 0 Å². The Balaban J connectivity index is 1.48. The molecular formula is C27H32N7O8S2+. The van der Waals surface area contributed by atoms with Gasteiger partial charge in [0.05, 0.1) is 6.54 Å². The van der Waals surface area contributed by atoms with Gasteiger partial charge in [0, 0.05) is 28.8 Å². The van der Waals surface area contributed by atoms with Crippen molar-refractivity contribution in [3.8, 4) is 0 Å². The zero-order valence-corrected chi connectivity index (χ0v) is 25.9. The summed E-state index contributed by atoms with van der Waals surface area (Å²) in [6.07, 6.45) is 2.68. The highest BCUT2D eigenvalue weighted by Gasteiger charge is 2.54. The summed E-state index contributed by atoms with van der Waals surface area (Å²) < 4.78 is 7.01. The second-order valence-corrected chi connectivity index (χ2v) is 12.7. The van der Waals surface area contributed by atoms with E-state index >= 15 is 0 Å². The molecule has 0 aromatic carbocycles. The maximum Gasteiger partial charge on any atom is 0.407 e. The van der Waals surface area contributed by atoms with Crippen LogP contribution in [0.5, 0.6) is 0 Å². The molecule has 2 aromatic rings. The minimum absolute atomic E-state index is 0.00497. The molecule has 1 saturated heterocycles. The van der Waals surface area contributed by atoms with Crippen LogP contribution in [0, 0.1) is 0 Å². The van der Waals surface area contributed by atoms with E-state index in [0.29, 0.717) is 24.3 Å². The number of hydrogen-bond acceptors (Lipinski definition) is 11. The number of nitrogens with one attached hydrogen (secondary N) is 3. The van der Waals surface area contributed by atoms with E-state index in [-0.39, 0.29) is 28.8 Å². The number of carbonyl (C=O) groups is 5. The molecule has 2 aliphatic heterocycles. The van der Waals surface area contributed by atoms with Gasteiger partial charge in [0.2, 0.25) is 6.41 Å². The van der Waals surface area contributed by atoms with Gasteiger partial charge in [-0.1, -0.05) is 11.2 Å². The fourth-order valence-corrected chi connectivity index (χ4v) is 6.19. The third-order valence-corrected chi connectivity index (χ3v) is 8.20. The summed E-state index contributed by atoms with van der Waals surface area (Å²) in [7, 11) is 0. The van der Waals surface area contributed by atoms with E-state index in [4.69, 9.17) is 9.57 Å². The Bertz CT molecular complexity index is 1490. The first-order valence-corrected chi connectivity index (χ1v) is 15.3. The summed E-state index contributed by atoms with van der Waals surface area (Å²) in [4.78, 5) is 72.5. The summed E-state index contributed by atoms with van der Waals surface area (Å²) in [6, 6.07) is 4.45. The number of aliphatic carboxylic acids is 1. The quantitative estimate of drug-likeness (QED) is 0.0853. The molecule has 4 heterocycles. The smallest absolute Gasteiger partial charge is 0.407 e. The van der Waals surface area contributed by atoms with Crippen LogP contribution in [-0.4, -0.2) is 86.4 Å². The van der Waals surface area contributed by atoms with E-state index in [9.17, 15) is 29.1 Å². The number of carboxylic acid groups (broad SMARTS) is 1. The molecule has 0 bridgehead atoms. The summed E-state index contributed by atoms with van der Waals surface area (Å²) in [5, 5.41) is 22.5. The van der Waals surface area contributed by atoms with Crippen molar-refractivity contribution < 1.29 is 43.2 Å². The van der Waals surface area contributed by atoms with Crippen LogP contribution in [0.2, 0.25) is 0 Å². The van der Waals surface area contributed by atoms with Gasteiger partial charge in [0.25, 0.3) is 11.8 Å². The lowest BCUT2D eigenvalue weighted by Crippen LogP contribution is -2.71. The molecule has 17 heteroatoms. The number of rotatable bonds is 12. The van der Waals surface area contributed by atoms with Crippen molar-refractivity contribution in [1.82, 2.24) is 20.5 Å². The number of carbonyl (C=O) groups excluding carboxylic acids is 4. The average molecular weight is 647 g/mol. The lowest BCUT2D eigenvalue weighted by Gasteiger charge is -2.49. The number of ether oxygens (including phenoxy) is 1. The SMILES string of the molecule is CC(CNC(=O)OC(C)(C)C)O/N=C(\C(=O)NC1C(=O)N2C(C(=O)O)=C(C[n+]3ccccc3)CS[C@H]12)c1csc(NC=O)n1. The fraction of sp³-hybridized carbons (Fsp3) is 0.407. The molecule has 1 fully saturated rings. The highest BCUT2D eigenvalue weighted by molar-refractivity contribution is 8.00. The number of aromatic nitrogens is 2. The first-order valence-electron chi connectivity index (χ1n) is 13.4. The van der Waals surface area contributed by atoms with E-state index < -0.39 is 47.0 Å². The normalized spacial score (nSPS) is 18.9. The number of hydrogen-bond donors (Lipinski definition) is 4. The number of thioether (sulfide) groups is 1. The predicted molar refractivity (Wildman–Crippen MR) is 159 cm³/mol. The maximum atomic E-state index is 13.4. The van der Waals surface area contributed by atoms with Gasteiger partial charge in [-0.3, -0.25) is 19.3 Å². The maximum absolute atomic E-state index is 13.4. The molecule has 0 spiro atoms. The van der Waals surface area contributed by atoms with Crippen molar-refractivity contribution in [1.29, 1.82) is 0 Å². The van der Waals surface area contributed by atoms with Crippen molar-refractivity contribution in [2.24, 2.45) is 5.16 Å². The Morgan fingerprint density at radius 2 is 2.00 bits per heavy atom. The van der Waals surface area contributed by atoms with Crippen LogP contribution in [-0.2, 0) is 35.3 Å². The molecule has 15 nitrogen and oxygen atoms in total. The van der Waals surface area contributed by atoms with Crippen molar-refractivity contribution in [2.45, 2.75) is 57.4 Å². The zero-order chi connectivity index (χ0) is 32.0. The van der Waals surface area contributed by atoms with E-state index in [1.54, 1.807) is 40.1 Å². The van der Waals surface area contributed by atoms with Gasteiger partial charge in [-0.05, 0) is 27.7 Å².